The van der Waals surface area contributed by atoms with Gasteiger partial charge in [-0.2, -0.15) is 0 Å². The second-order valence-electron chi connectivity index (χ2n) is 4.92. The molecule has 19 heavy (non-hydrogen) atoms. The lowest BCUT2D eigenvalue weighted by atomic mass is 10.0. The predicted octanol–water partition coefficient (Wildman–Crippen LogP) is 1.47. The van der Waals surface area contributed by atoms with Gasteiger partial charge >= 0.3 is 0 Å². The van der Waals surface area contributed by atoms with E-state index in [-0.39, 0.29) is 0 Å². The Bertz CT molecular complexity index is 435. The molecular weight excluding hydrogens is 240 g/mol. The van der Waals surface area contributed by atoms with Crippen LogP contribution in [0.25, 0.3) is 0 Å². The van der Waals surface area contributed by atoms with Gasteiger partial charge < -0.3 is 11.1 Å². The van der Waals surface area contributed by atoms with Gasteiger partial charge in [-0.3, -0.25) is 9.69 Å². The van der Waals surface area contributed by atoms with Crippen LogP contribution in [0.3, 0.4) is 0 Å². The molecular formula is C14H22N4O. The van der Waals surface area contributed by atoms with Gasteiger partial charge in [0, 0.05) is 18.8 Å². The summed E-state index contributed by atoms with van der Waals surface area (Å²) in [4.78, 5) is 18.0. The van der Waals surface area contributed by atoms with Crippen molar-refractivity contribution in [2.45, 2.75) is 32.2 Å². The number of anilines is 1. The van der Waals surface area contributed by atoms with Crippen LogP contribution in [0.1, 0.15) is 36.5 Å². The number of primary amides is 1. The fourth-order valence-electron chi connectivity index (χ4n) is 2.67. The zero-order valence-corrected chi connectivity index (χ0v) is 11.4. The molecule has 104 valence electrons. The van der Waals surface area contributed by atoms with Gasteiger partial charge in [0.15, 0.2) is 0 Å². The first kappa shape index (κ1) is 13.8. The Labute approximate surface area is 114 Å². The molecule has 0 saturated carbocycles. The summed E-state index contributed by atoms with van der Waals surface area (Å²) < 4.78 is 0. The van der Waals surface area contributed by atoms with Gasteiger partial charge in [-0.05, 0) is 38.1 Å². The quantitative estimate of drug-likeness (QED) is 0.843. The van der Waals surface area contributed by atoms with Crippen LogP contribution < -0.4 is 11.1 Å². The van der Waals surface area contributed by atoms with Crippen molar-refractivity contribution in [3.05, 3.63) is 23.9 Å². The first-order chi connectivity index (χ1) is 9.22. The smallest absolute Gasteiger partial charge is 0.252 e. The SMILES string of the molecule is CCN1CCCCC1CNc1ncccc1C(N)=O. The number of likely N-dealkylation sites (tertiary alicyclic amines) is 1. The molecule has 2 rings (SSSR count). The minimum Gasteiger partial charge on any atom is -0.368 e. The molecule has 0 bridgehead atoms. The minimum atomic E-state index is -0.438. The maximum absolute atomic E-state index is 11.3. The highest BCUT2D eigenvalue weighted by Crippen LogP contribution is 2.18. The normalized spacial score (nSPS) is 20.2. The van der Waals surface area contributed by atoms with Crippen LogP contribution in [-0.2, 0) is 0 Å². The monoisotopic (exact) mass is 262 g/mol. The maximum Gasteiger partial charge on any atom is 0.252 e. The zero-order chi connectivity index (χ0) is 13.7. The van der Waals surface area contributed by atoms with E-state index in [9.17, 15) is 4.79 Å². The summed E-state index contributed by atoms with van der Waals surface area (Å²) in [7, 11) is 0. The summed E-state index contributed by atoms with van der Waals surface area (Å²) in [5.41, 5.74) is 5.81. The summed E-state index contributed by atoms with van der Waals surface area (Å²) in [6.07, 6.45) is 5.42. The summed E-state index contributed by atoms with van der Waals surface area (Å²) in [5, 5.41) is 3.28. The third-order valence-electron chi connectivity index (χ3n) is 3.73. The Morgan fingerprint density at radius 2 is 2.42 bits per heavy atom. The summed E-state index contributed by atoms with van der Waals surface area (Å²) in [5.74, 6) is 0.156. The topological polar surface area (TPSA) is 71.2 Å². The highest BCUT2D eigenvalue weighted by molar-refractivity contribution is 5.97. The number of nitrogens with zero attached hydrogens (tertiary/aromatic N) is 2. The molecule has 1 unspecified atom stereocenters. The van der Waals surface area contributed by atoms with Crippen molar-refractivity contribution in [3.8, 4) is 0 Å². The highest BCUT2D eigenvalue weighted by Gasteiger charge is 2.21. The van der Waals surface area contributed by atoms with Crippen LogP contribution >= 0.6 is 0 Å². The lowest BCUT2D eigenvalue weighted by Gasteiger charge is -2.35. The van der Waals surface area contributed by atoms with Gasteiger partial charge in [0.25, 0.3) is 5.91 Å². The molecule has 1 atom stereocenters. The molecule has 0 spiro atoms. The second kappa shape index (κ2) is 6.52. The van der Waals surface area contributed by atoms with Crippen molar-refractivity contribution in [1.82, 2.24) is 9.88 Å². The van der Waals surface area contributed by atoms with Crippen LogP contribution in [0.2, 0.25) is 0 Å². The molecule has 0 radical (unpaired) electrons. The number of nitrogens with two attached hydrogens (primary N) is 1. The van der Waals surface area contributed by atoms with Crippen molar-refractivity contribution in [3.63, 3.8) is 0 Å². The van der Waals surface area contributed by atoms with Gasteiger partial charge in [-0.25, -0.2) is 4.98 Å². The van der Waals surface area contributed by atoms with E-state index < -0.39 is 5.91 Å². The van der Waals surface area contributed by atoms with E-state index in [0.717, 1.165) is 19.6 Å². The number of nitrogens with one attached hydrogen (secondary N) is 1. The van der Waals surface area contributed by atoms with E-state index in [4.69, 9.17) is 5.73 Å². The predicted molar refractivity (Wildman–Crippen MR) is 76.1 cm³/mol. The first-order valence-electron chi connectivity index (χ1n) is 6.95. The molecule has 0 aliphatic carbocycles. The lowest BCUT2D eigenvalue weighted by molar-refractivity contribution is 0.100. The molecule has 1 saturated heterocycles. The molecule has 1 aromatic rings. The molecule has 1 fully saturated rings. The number of likely N-dealkylation sites (N-methyl/N-ethyl adjacent to an activating group) is 1. The third kappa shape index (κ3) is 3.44. The molecule has 0 aromatic carbocycles. The number of aromatic nitrogens is 1. The number of pyridine rings is 1. The standard InChI is InChI=1S/C14H22N4O/c1-2-18-9-4-3-6-11(18)10-17-14-12(13(15)19)7-5-8-16-14/h5,7-8,11H,2-4,6,9-10H2,1H3,(H2,15,19)(H,16,17). The van der Waals surface area contributed by atoms with E-state index in [0.29, 0.717) is 17.4 Å². The molecule has 1 aliphatic heterocycles. The fourth-order valence-corrected chi connectivity index (χ4v) is 2.67. The molecule has 5 heteroatoms. The van der Waals surface area contributed by atoms with Gasteiger partial charge in [-0.1, -0.05) is 13.3 Å². The number of hydrogen-bond acceptors (Lipinski definition) is 4. The first-order valence-corrected chi connectivity index (χ1v) is 6.95. The van der Waals surface area contributed by atoms with Crippen LogP contribution in [0.4, 0.5) is 5.82 Å². The number of carbonyl (C=O) groups is 1. The van der Waals surface area contributed by atoms with E-state index in [2.05, 4.69) is 22.1 Å². The molecule has 1 amide bonds. The van der Waals surface area contributed by atoms with E-state index in [1.807, 2.05) is 0 Å². The third-order valence-corrected chi connectivity index (χ3v) is 3.73. The number of amides is 1. The van der Waals surface area contributed by atoms with Crippen LogP contribution in [0, 0.1) is 0 Å². The Kier molecular flexibility index (Phi) is 4.74. The van der Waals surface area contributed by atoms with E-state index in [1.165, 1.54) is 19.3 Å². The van der Waals surface area contributed by atoms with Crippen LogP contribution in [-0.4, -0.2) is 41.5 Å². The Morgan fingerprint density at radius 3 is 3.16 bits per heavy atom. The number of hydrogen-bond donors (Lipinski definition) is 2. The minimum absolute atomic E-state index is 0.438. The van der Waals surface area contributed by atoms with E-state index >= 15 is 0 Å². The van der Waals surface area contributed by atoms with Crippen molar-refractivity contribution >= 4 is 11.7 Å². The average molecular weight is 262 g/mol. The maximum atomic E-state index is 11.3. The Balaban J connectivity index is 2.00. The number of rotatable bonds is 5. The highest BCUT2D eigenvalue weighted by atomic mass is 16.1. The Morgan fingerprint density at radius 1 is 1.58 bits per heavy atom. The molecule has 5 nitrogen and oxygen atoms in total. The lowest BCUT2D eigenvalue weighted by Crippen LogP contribution is -2.43. The molecule has 2 heterocycles. The summed E-state index contributed by atoms with van der Waals surface area (Å²) in [6, 6.07) is 3.95. The van der Waals surface area contributed by atoms with Gasteiger partial charge in [0.2, 0.25) is 0 Å². The summed E-state index contributed by atoms with van der Waals surface area (Å²) >= 11 is 0. The van der Waals surface area contributed by atoms with Crippen LogP contribution in [0.15, 0.2) is 18.3 Å². The van der Waals surface area contributed by atoms with Crippen molar-refractivity contribution in [2.75, 3.05) is 25.0 Å². The summed E-state index contributed by atoms with van der Waals surface area (Å²) in [6.45, 7) is 5.23. The van der Waals surface area contributed by atoms with Crippen molar-refractivity contribution in [2.24, 2.45) is 5.73 Å². The second-order valence-corrected chi connectivity index (χ2v) is 4.92. The largest absolute Gasteiger partial charge is 0.368 e. The molecule has 1 aromatic heterocycles. The average Bonchev–Trinajstić information content (AvgIpc) is 2.45. The molecule has 1 aliphatic rings. The van der Waals surface area contributed by atoms with Gasteiger partial charge in [0.05, 0.1) is 5.56 Å². The molecule has 3 N–H and O–H groups in total. The Hall–Kier alpha value is -1.62. The van der Waals surface area contributed by atoms with Gasteiger partial charge in [0.1, 0.15) is 5.82 Å². The number of carbonyl (C=O) groups excluding carboxylic acids is 1. The van der Waals surface area contributed by atoms with E-state index in [1.54, 1.807) is 18.3 Å². The van der Waals surface area contributed by atoms with Crippen molar-refractivity contribution in [1.29, 1.82) is 0 Å². The van der Waals surface area contributed by atoms with Crippen LogP contribution in [0.5, 0.6) is 0 Å². The van der Waals surface area contributed by atoms with Gasteiger partial charge in [-0.15, -0.1) is 0 Å². The number of piperidine rings is 1. The zero-order valence-electron chi connectivity index (χ0n) is 11.4. The van der Waals surface area contributed by atoms with Crippen molar-refractivity contribution < 1.29 is 4.79 Å². The fraction of sp³-hybridized carbons (Fsp3) is 0.571.